The van der Waals surface area contributed by atoms with Crippen LogP contribution in [0.4, 0.5) is 0 Å². The molecule has 122 valence electrons. The lowest BCUT2D eigenvalue weighted by Crippen LogP contribution is -2.49. The van der Waals surface area contributed by atoms with Crippen LogP contribution < -0.4 is 5.56 Å². The predicted octanol–water partition coefficient (Wildman–Crippen LogP) is 1.22. The van der Waals surface area contributed by atoms with E-state index in [1.165, 1.54) is 24.1 Å². The minimum absolute atomic E-state index is 0.000228. The largest absolute Gasteiger partial charge is 0.298 e. The Morgan fingerprint density at radius 2 is 2.13 bits per heavy atom. The Kier molecular flexibility index (Phi) is 3.77. The molecule has 0 N–H and O–H groups in total. The first kappa shape index (κ1) is 14.6. The van der Waals surface area contributed by atoms with Crippen LogP contribution in [0.25, 0.3) is 0 Å². The van der Waals surface area contributed by atoms with E-state index in [9.17, 15) is 4.79 Å². The van der Waals surface area contributed by atoms with Crippen LogP contribution in [0.3, 0.4) is 0 Å². The smallest absolute Gasteiger partial charge is 0.266 e. The quantitative estimate of drug-likeness (QED) is 0.851. The van der Waals surface area contributed by atoms with E-state index in [0.717, 1.165) is 44.8 Å². The fraction of sp³-hybridized carbons (Fsp3) is 0.588. The average Bonchev–Trinajstić information content (AvgIpc) is 2.92. The summed E-state index contributed by atoms with van der Waals surface area (Å²) in [4.78, 5) is 14.3. The third-order valence-electron chi connectivity index (χ3n) is 4.93. The number of rotatable bonds is 4. The summed E-state index contributed by atoms with van der Waals surface area (Å²) in [5.41, 5.74) is 3.71. The van der Waals surface area contributed by atoms with Crippen LogP contribution in [0.15, 0.2) is 23.1 Å². The molecule has 0 saturated carbocycles. The topological polar surface area (TPSA) is 56.0 Å². The summed E-state index contributed by atoms with van der Waals surface area (Å²) in [5, 5.41) is 8.84. The second-order valence-corrected chi connectivity index (χ2v) is 6.85. The maximum Gasteiger partial charge on any atom is 0.266 e. The number of aromatic nitrogens is 4. The van der Waals surface area contributed by atoms with E-state index < -0.39 is 0 Å². The highest BCUT2D eigenvalue weighted by Crippen LogP contribution is 2.24. The van der Waals surface area contributed by atoms with Crippen molar-refractivity contribution in [3.8, 4) is 0 Å². The lowest BCUT2D eigenvalue weighted by Gasteiger charge is -2.39. The van der Waals surface area contributed by atoms with Crippen molar-refractivity contribution in [1.82, 2.24) is 24.5 Å². The van der Waals surface area contributed by atoms with E-state index in [1.807, 2.05) is 13.1 Å². The van der Waals surface area contributed by atoms with Crippen molar-refractivity contribution in [2.75, 3.05) is 13.1 Å². The van der Waals surface area contributed by atoms with Gasteiger partial charge in [-0.1, -0.05) is 0 Å². The third kappa shape index (κ3) is 2.95. The van der Waals surface area contributed by atoms with Gasteiger partial charge >= 0.3 is 0 Å². The first-order chi connectivity index (χ1) is 11.2. The summed E-state index contributed by atoms with van der Waals surface area (Å²) in [6.07, 6.45) is 5.73. The van der Waals surface area contributed by atoms with Gasteiger partial charge in [-0.15, -0.1) is 0 Å². The predicted molar refractivity (Wildman–Crippen MR) is 87.2 cm³/mol. The molecule has 0 atom stereocenters. The lowest BCUT2D eigenvalue weighted by molar-refractivity contribution is 0.0762. The Balaban J connectivity index is 1.34. The highest BCUT2D eigenvalue weighted by molar-refractivity contribution is 5.19. The van der Waals surface area contributed by atoms with Crippen LogP contribution in [0.2, 0.25) is 0 Å². The fourth-order valence-electron chi connectivity index (χ4n) is 3.71. The molecule has 23 heavy (non-hydrogen) atoms. The van der Waals surface area contributed by atoms with Gasteiger partial charge in [0.1, 0.15) is 0 Å². The van der Waals surface area contributed by atoms with Crippen molar-refractivity contribution >= 4 is 0 Å². The Morgan fingerprint density at radius 3 is 3.00 bits per heavy atom. The van der Waals surface area contributed by atoms with Crippen molar-refractivity contribution in [2.45, 2.75) is 45.8 Å². The highest BCUT2D eigenvalue weighted by atomic mass is 16.1. The molecule has 0 amide bonds. The molecule has 2 aliphatic heterocycles. The highest BCUT2D eigenvalue weighted by Gasteiger charge is 2.28. The van der Waals surface area contributed by atoms with Crippen LogP contribution in [0.1, 0.15) is 29.8 Å². The summed E-state index contributed by atoms with van der Waals surface area (Å²) in [7, 11) is 0. The zero-order valence-corrected chi connectivity index (χ0v) is 13.6. The molecule has 4 rings (SSSR count). The number of fused-ring (bicyclic) bond motifs is 1. The molecule has 0 spiro atoms. The van der Waals surface area contributed by atoms with Crippen molar-refractivity contribution < 1.29 is 0 Å². The fourth-order valence-corrected chi connectivity index (χ4v) is 3.71. The zero-order chi connectivity index (χ0) is 15.8. The summed E-state index contributed by atoms with van der Waals surface area (Å²) in [6.45, 7) is 6.77. The molecule has 0 aromatic carbocycles. The number of likely N-dealkylation sites (tertiary alicyclic amines) is 1. The Hall–Kier alpha value is -1.95. The molecule has 2 aromatic rings. The molecule has 0 unspecified atom stereocenters. The number of aryl methyl sites for hydroxylation is 2. The molecule has 1 saturated heterocycles. The van der Waals surface area contributed by atoms with Gasteiger partial charge in [-0.05, 0) is 32.3 Å². The monoisotopic (exact) mass is 313 g/mol. The van der Waals surface area contributed by atoms with Crippen molar-refractivity contribution in [3.63, 3.8) is 0 Å². The zero-order valence-electron chi connectivity index (χ0n) is 13.6. The number of nitrogens with zero attached hydrogens (tertiary/aromatic N) is 5. The summed E-state index contributed by atoms with van der Waals surface area (Å²) in [6, 6.07) is 3.38. The van der Waals surface area contributed by atoms with Crippen LogP contribution >= 0.6 is 0 Å². The van der Waals surface area contributed by atoms with Gasteiger partial charge in [0.2, 0.25) is 0 Å². The number of hydrogen-bond acceptors (Lipinski definition) is 4. The van der Waals surface area contributed by atoms with Crippen LogP contribution in [-0.4, -0.2) is 37.6 Å². The normalized spacial score (nSPS) is 18.7. The van der Waals surface area contributed by atoms with Crippen LogP contribution in [0, 0.1) is 12.8 Å². The lowest BCUT2D eigenvalue weighted by atomic mass is 9.98. The summed E-state index contributed by atoms with van der Waals surface area (Å²) < 4.78 is 3.78. The van der Waals surface area contributed by atoms with Crippen molar-refractivity contribution in [2.24, 2.45) is 5.92 Å². The third-order valence-corrected chi connectivity index (χ3v) is 4.93. The van der Waals surface area contributed by atoms with E-state index >= 15 is 0 Å². The molecule has 2 aliphatic rings. The van der Waals surface area contributed by atoms with E-state index in [2.05, 4.69) is 19.8 Å². The molecule has 6 heteroatoms. The van der Waals surface area contributed by atoms with Gasteiger partial charge in [0.05, 0.1) is 18.4 Å². The van der Waals surface area contributed by atoms with Gasteiger partial charge < -0.3 is 0 Å². The minimum atomic E-state index is -0.000228. The van der Waals surface area contributed by atoms with E-state index in [4.69, 9.17) is 0 Å². The van der Waals surface area contributed by atoms with Gasteiger partial charge in [-0.2, -0.15) is 10.2 Å². The van der Waals surface area contributed by atoms with Gasteiger partial charge in [-0.25, -0.2) is 4.68 Å². The van der Waals surface area contributed by atoms with Gasteiger partial charge in [0, 0.05) is 49.4 Å². The first-order valence-corrected chi connectivity index (χ1v) is 8.50. The second kappa shape index (κ2) is 5.92. The summed E-state index contributed by atoms with van der Waals surface area (Å²) >= 11 is 0. The Morgan fingerprint density at radius 1 is 1.26 bits per heavy atom. The average molecular weight is 313 g/mol. The molecule has 4 heterocycles. The first-order valence-electron chi connectivity index (χ1n) is 8.50. The van der Waals surface area contributed by atoms with Gasteiger partial charge in [0.25, 0.3) is 5.56 Å². The van der Waals surface area contributed by atoms with Crippen molar-refractivity contribution in [1.29, 1.82) is 0 Å². The molecule has 6 nitrogen and oxygen atoms in total. The second-order valence-electron chi connectivity index (χ2n) is 6.85. The van der Waals surface area contributed by atoms with E-state index in [1.54, 1.807) is 16.8 Å². The molecule has 0 bridgehead atoms. The van der Waals surface area contributed by atoms with E-state index in [-0.39, 0.29) is 5.56 Å². The SMILES string of the molecule is Cc1ccc(=O)n(CC2CN(Cc3cnn4c3CCCC4)C2)n1. The maximum atomic E-state index is 11.8. The molecule has 0 radical (unpaired) electrons. The molecule has 2 aromatic heterocycles. The van der Waals surface area contributed by atoms with Crippen LogP contribution in [-0.2, 0) is 26.1 Å². The Labute approximate surface area is 135 Å². The number of hydrogen-bond donors (Lipinski definition) is 0. The maximum absolute atomic E-state index is 11.8. The minimum Gasteiger partial charge on any atom is -0.298 e. The Bertz CT molecular complexity index is 757. The van der Waals surface area contributed by atoms with Gasteiger partial charge in [0.15, 0.2) is 0 Å². The molecule has 0 aliphatic carbocycles. The van der Waals surface area contributed by atoms with Crippen molar-refractivity contribution in [3.05, 3.63) is 45.6 Å². The van der Waals surface area contributed by atoms with E-state index in [0.29, 0.717) is 5.92 Å². The van der Waals surface area contributed by atoms with Gasteiger partial charge in [-0.3, -0.25) is 14.4 Å². The standard InChI is InChI=1S/C17H23N5O/c1-13-5-6-17(23)22(19-13)11-14-9-20(10-14)12-15-8-18-21-7-3-2-4-16(15)21/h5-6,8,14H,2-4,7,9-12H2,1H3. The van der Waals surface area contributed by atoms with Crippen LogP contribution in [0.5, 0.6) is 0 Å². The summed E-state index contributed by atoms with van der Waals surface area (Å²) in [5.74, 6) is 0.522. The molecular weight excluding hydrogens is 290 g/mol. The molecule has 1 fully saturated rings. The molecular formula is C17H23N5O.